The van der Waals surface area contributed by atoms with Gasteiger partial charge in [-0.25, -0.2) is 17.4 Å². The Morgan fingerprint density at radius 2 is 1.62 bits per heavy atom. The maximum Gasteiger partial charge on any atom is 0.243 e. The third-order valence-corrected chi connectivity index (χ3v) is 5.06. The van der Waals surface area contributed by atoms with E-state index in [1.807, 2.05) is 36.4 Å². The molecular formula is C18H17N3O2S. The van der Waals surface area contributed by atoms with E-state index in [1.54, 1.807) is 41.3 Å². The van der Waals surface area contributed by atoms with Crippen molar-refractivity contribution in [3.05, 3.63) is 85.7 Å². The highest BCUT2D eigenvalue weighted by atomic mass is 32.2. The minimum absolute atomic E-state index is 0.154. The molecule has 3 rings (SSSR count). The van der Waals surface area contributed by atoms with Crippen molar-refractivity contribution < 1.29 is 8.42 Å². The molecule has 0 aliphatic carbocycles. The summed E-state index contributed by atoms with van der Waals surface area (Å²) in [4.78, 5) is 0. The lowest BCUT2D eigenvalue weighted by atomic mass is 10.3. The summed E-state index contributed by atoms with van der Waals surface area (Å²) in [6, 6.07) is 18.5. The first-order chi connectivity index (χ1) is 11.6. The predicted molar refractivity (Wildman–Crippen MR) is 96.1 cm³/mol. The van der Waals surface area contributed by atoms with Crippen LogP contribution in [0.15, 0.2) is 85.7 Å². The number of sulfonamides is 1. The average Bonchev–Trinajstić information content (AvgIpc) is 3.06. The Morgan fingerprint density at radius 3 is 2.25 bits per heavy atom. The molecule has 0 aliphatic rings. The maximum atomic E-state index is 12.7. The van der Waals surface area contributed by atoms with E-state index in [0.29, 0.717) is 11.4 Å². The second kappa shape index (κ2) is 6.72. The Labute approximate surface area is 141 Å². The van der Waals surface area contributed by atoms with Gasteiger partial charge in [-0.2, -0.15) is 5.10 Å². The normalized spacial score (nSPS) is 11.2. The summed E-state index contributed by atoms with van der Waals surface area (Å²) >= 11 is 0. The van der Waals surface area contributed by atoms with Crippen LogP contribution in [0.2, 0.25) is 0 Å². The number of para-hydroxylation sites is 2. The van der Waals surface area contributed by atoms with Crippen LogP contribution in [-0.4, -0.2) is 24.0 Å². The van der Waals surface area contributed by atoms with Crippen LogP contribution >= 0.6 is 0 Å². The average molecular weight is 339 g/mol. The van der Waals surface area contributed by atoms with Crippen LogP contribution in [0, 0.1) is 0 Å². The molecule has 0 radical (unpaired) electrons. The van der Waals surface area contributed by atoms with Gasteiger partial charge in [-0.3, -0.25) is 0 Å². The van der Waals surface area contributed by atoms with Crippen molar-refractivity contribution in [2.24, 2.45) is 0 Å². The molecular weight excluding hydrogens is 322 g/mol. The van der Waals surface area contributed by atoms with E-state index in [2.05, 4.69) is 11.7 Å². The molecule has 6 heteroatoms. The number of anilines is 2. The number of rotatable bonds is 6. The highest BCUT2D eigenvalue weighted by Crippen LogP contribution is 2.29. The topological polar surface area (TPSA) is 55.2 Å². The Kier molecular flexibility index (Phi) is 4.48. The molecule has 0 spiro atoms. The molecule has 24 heavy (non-hydrogen) atoms. The zero-order valence-corrected chi connectivity index (χ0v) is 13.8. The van der Waals surface area contributed by atoms with Crippen molar-refractivity contribution in [2.75, 3.05) is 10.1 Å². The van der Waals surface area contributed by atoms with Gasteiger partial charge in [-0.05, 0) is 24.3 Å². The lowest BCUT2D eigenvalue weighted by Crippen LogP contribution is -2.27. The molecule has 0 fully saturated rings. The first-order valence-electron chi connectivity index (χ1n) is 7.41. The van der Waals surface area contributed by atoms with Crippen molar-refractivity contribution in [3.8, 4) is 5.69 Å². The summed E-state index contributed by atoms with van der Waals surface area (Å²) in [6.07, 6.45) is 4.62. The number of hydrogen-bond acceptors (Lipinski definition) is 3. The van der Waals surface area contributed by atoms with Crippen LogP contribution in [0.4, 0.5) is 11.4 Å². The largest absolute Gasteiger partial charge is 0.243 e. The SMILES string of the molecule is C=CCS(=O)(=O)N(c1ccccc1)c1cnn(-c2ccccc2)c1. The number of aromatic nitrogens is 2. The van der Waals surface area contributed by atoms with E-state index >= 15 is 0 Å². The van der Waals surface area contributed by atoms with Crippen LogP contribution in [0.3, 0.4) is 0 Å². The molecule has 5 nitrogen and oxygen atoms in total. The van der Waals surface area contributed by atoms with E-state index in [9.17, 15) is 8.42 Å². The number of nitrogens with zero attached hydrogens (tertiary/aromatic N) is 3. The Morgan fingerprint density at radius 1 is 1.00 bits per heavy atom. The van der Waals surface area contributed by atoms with E-state index in [4.69, 9.17) is 0 Å². The Balaban J connectivity index is 2.07. The van der Waals surface area contributed by atoms with Crippen molar-refractivity contribution in [3.63, 3.8) is 0 Å². The van der Waals surface area contributed by atoms with Crippen molar-refractivity contribution >= 4 is 21.4 Å². The molecule has 122 valence electrons. The van der Waals surface area contributed by atoms with Gasteiger partial charge in [0.1, 0.15) is 0 Å². The third-order valence-electron chi connectivity index (χ3n) is 3.42. The number of hydrogen-bond donors (Lipinski definition) is 0. The molecule has 1 aromatic heterocycles. The lowest BCUT2D eigenvalue weighted by molar-refractivity contribution is 0.599. The van der Waals surface area contributed by atoms with Crippen molar-refractivity contribution in [1.29, 1.82) is 0 Å². The fraction of sp³-hybridized carbons (Fsp3) is 0.0556. The fourth-order valence-corrected chi connectivity index (χ4v) is 3.70. The van der Waals surface area contributed by atoms with E-state index in [-0.39, 0.29) is 5.75 Å². The monoisotopic (exact) mass is 339 g/mol. The van der Waals surface area contributed by atoms with Crippen LogP contribution in [-0.2, 0) is 10.0 Å². The predicted octanol–water partition coefficient (Wildman–Crippen LogP) is 3.53. The number of benzene rings is 2. The second-order valence-corrected chi connectivity index (χ2v) is 7.01. The Bertz CT molecular complexity index is 919. The first kappa shape index (κ1) is 16.0. The molecule has 0 N–H and O–H groups in total. The summed E-state index contributed by atoms with van der Waals surface area (Å²) in [5.41, 5.74) is 1.90. The van der Waals surface area contributed by atoms with Gasteiger partial charge < -0.3 is 0 Å². The van der Waals surface area contributed by atoms with Gasteiger partial charge >= 0.3 is 0 Å². The van der Waals surface area contributed by atoms with Crippen LogP contribution in [0.1, 0.15) is 0 Å². The first-order valence-corrected chi connectivity index (χ1v) is 9.02. The molecule has 0 bridgehead atoms. The summed E-state index contributed by atoms with van der Waals surface area (Å²) in [5, 5.41) is 4.29. The quantitative estimate of drug-likeness (QED) is 0.646. The second-order valence-electron chi connectivity index (χ2n) is 5.15. The molecule has 3 aromatic rings. The summed E-state index contributed by atoms with van der Waals surface area (Å²) in [5.74, 6) is -0.154. The van der Waals surface area contributed by atoms with Gasteiger partial charge in [0, 0.05) is 0 Å². The van der Waals surface area contributed by atoms with E-state index in [1.165, 1.54) is 10.4 Å². The summed E-state index contributed by atoms with van der Waals surface area (Å²) in [7, 11) is -3.59. The van der Waals surface area contributed by atoms with Crippen molar-refractivity contribution in [2.45, 2.75) is 0 Å². The molecule has 0 unspecified atom stereocenters. The van der Waals surface area contributed by atoms with Crippen molar-refractivity contribution in [1.82, 2.24) is 9.78 Å². The molecule has 0 aliphatic heterocycles. The third kappa shape index (κ3) is 3.23. The molecule has 2 aromatic carbocycles. The zero-order chi connectivity index (χ0) is 17.0. The highest BCUT2D eigenvalue weighted by molar-refractivity contribution is 7.93. The van der Waals surface area contributed by atoms with Gasteiger partial charge in [0.05, 0.1) is 35.2 Å². The highest BCUT2D eigenvalue weighted by Gasteiger charge is 2.24. The van der Waals surface area contributed by atoms with Crippen LogP contribution < -0.4 is 4.31 Å². The van der Waals surface area contributed by atoms with Gasteiger partial charge in [0.25, 0.3) is 0 Å². The smallest absolute Gasteiger partial charge is 0.239 e. The summed E-state index contributed by atoms with van der Waals surface area (Å²) < 4.78 is 28.3. The van der Waals surface area contributed by atoms with E-state index in [0.717, 1.165) is 5.69 Å². The standard InChI is InChI=1S/C18H17N3O2S/c1-2-13-24(22,23)21(17-11-7-4-8-12-17)18-14-19-20(15-18)16-9-5-3-6-10-16/h2-12,14-15H,1,13H2. The minimum Gasteiger partial charge on any atom is -0.239 e. The molecule has 0 saturated heterocycles. The van der Waals surface area contributed by atoms with Gasteiger partial charge in [-0.1, -0.05) is 42.5 Å². The lowest BCUT2D eigenvalue weighted by Gasteiger charge is -2.22. The van der Waals surface area contributed by atoms with Crippen LogP contribution in [0.5, 0.6) is 0 Å². The molecule has 0 saturated carbocycles. The minimum atomic E-state index is -3.59. The molecule has 0 amide bonds. The van der Waals surface area contributed by atoms with E-state index < -0.39 is 10.0 Å². The summed E-state index contributed by atoms with van der Waals surface area (Å²) in [6.45, 7) is 3.54. The molecule has 1 heterocycles. The van der Waals surface area contributed by atoms with Crippen LogP contribution in [0.25, 0.3) is 5.69 Å². The molecule has 0 atom stereocenters. The van der Waals surface area contributed by atoms with Gasteiger partial charge in [0.15, 0.2) is 0 Å². The van der Waals surface area contributed by atoms with Gasteiger partial charge in [0.2, 0.25) is 10.0 Å². The Hall–Kier alpha value is -2.86. The maximum absolute atomic E-state index is 12.7. The zero-order valence-electron chi connectivity index (χ0n) is 13.0. The fourth-order valence-electron chi connectivity index (χ4n) is 2.40. The van der Waals surface area contributed by atoms with Gasteiger partial charge in [-0.15, -0.1) is 6.58 Å².